The van der Waals surface area contributed by atoms with Crippen molar-refractivity contribution in [2.45, 2.75) is 26.3 Å². The minimum Gasteiger partial charge on any atom is -0.455 e. The molecule has 7 heteroatoms. The summed E-state index contributed by atoms with van der Waals surface area (Å²) in [6.45, 7) is 9.74. The van der Waals surface area contributed by atoms with Gasteiger partial charge in [0.2, 0.25) is 0 Å². The van der Waals surface area contributed by atoms with Crippen LogP contribution >= 0.6 is 0 Å². The summed E-state index contributed by atoms with van der Waals surface area (Å²) in [7, 11) is 0. The van der Waals surface area contributed by atoms with Crippen LogP contribution < -0.4 is 0 Å². The topological polar surface area (TPSA) is 95.7 Å². The fourth-order valence-corrected chi connectivity index (χ4v) is 0.836. The first-order chi connectivity index (χ1) is 8.60. The summed E-state index contributed by atoms with van der Waals surface area (Å²) < 4.78 is 9.46. The van der Waals surface area contributed by atoms with Crippen LogP contribution in [0.2, 0.25) is 0 Å². The maximum Gasteiger partial charge on any atom is 0.333 e. The van der Waals surface area contributed by atoms with E-state index in [1.54, 1.807) is 0 Å². The highest BCUT2D eigenvalue weighted by atomic mass is 16.6. The van der Waals surface area contributed by atoms with Gasteiger partial charge in [0.15, 0.2) is 13.2 Å². The number of hydrogen-bond acceptors (Lipinski definition) is 6. The second-order valence-electron chi connectivity index (χ2n) is 4.47. The molecular formula is C12H17NO6. The molecule has 0 atom stereocenters. The predicted octanol–water partition coefficient (Wildman–Crippen LogP) is 1.26. The van der Waals surface area contributed by atoms with Gasteiger partial charge in [-0.15, -0.1) is 0 Å². The van der Waals surface area contributed by atoms with Gasteiger partial charge in [0.25, 0.3) is 5.54 Å². The van der Waals surface area contributed by atoms with Gasteiger partial charge in [0.05, 0.1) is 0 Å². The summed E-state index contributed by atoms with van der Waals surface area (Å²) in [6, 6.07) is 0. The molecule has 0 aromatic rings. The SMILES string of the molecule is C=C(C)C(=O)OCC(C)(COC(=O)C(=C)C)[N+](=O)[O-]. The number of rotatable bonds is 7. The lowest BCUT2D eigenvalue weighted by molar-refractivity contribution is -0.571. The van der Waals surface area contributed by atoms with Crippen LogP contribution in [0.3, 0.4) is 0 Å². The van der Waals surface area contributed by atoms with Crippen LogP contribution in [0.4, 0.5) is 0 Å². The number of hydrogen-bond donors (Lipinski definition) is 0. The monoisotopic (exact) mass is 271 g/mol. The van der Waals surface area contributed by atoms with E-state index < -0.39 is 35.6 Å². The Morgan fingerprint density at radius 3 is 1.63 bits per heavy atom. The zero-order chi connectivity index (χ0) is 15.2. The van der Waals surface area contributed by atoms with Crippen molar-refractivity contribution in [3.8, 4) is 0 Å². The molecule has 0 radical (unpaired) electrons. The van der Waals surface area contributed by atoms with Crippen molar-refractivity contribution < 1.29 is 24.0 Å². The van der Waals surface area contributed by atoms with E-state index in [0.29, 0.717) is 0 Å². The Morgan fingerprint density at radius 1 is 1.11 bits per heavy atom. The quantitative estimate of drug-likeness (QED) is 0.299. The fraction of sp³-hybridized carbons (Fsp3) is 0.500. The Labute approximate surface area is 111 Å². The highest BCUT2D eigenvalue weighted by molar-refractivity contribution is 5.87. The first-order valence-electron chi connectivity index (χ1n) is 5.40. The molecule has 106 valence electrons. The van der Waals surface area contributed by atoms with Gasteiger partial charge in [-0.3, -0.25) is 10.1 Å². The van der Waals surface area contributed by atoms with E-state index in [2.05, 4.69) is 13.2 Å². The summed E-state index contributed by atoms with van der Waals surface area (Å²) >= 11 is 0. The molecule has 0 amide bonds. The molecule has 0 aliphatic rings. The highest BCUT2D eigenvalue weighted by Crippen LogP contribution is 2.12. The lowest BCUT2D eigenvalue weighted by Crippen LogP contribution is -2.45. The van der Waals surface area contributed by atoms with Crippen molar-refractivity contribution in [1.82, 2.24) is 0 Å². The molecule has 0 aromatic heterocycles. The number of nitro groups is 1. The molecule has 0 aliphatic carbocycles. The van der Waals surface area contributed by atoms with E-state index in [4.69, 9.17) is 9.47 Å². The van der Waals surface area contributed by atoms with Crippen molar-refractivity contribution >= 4 is 11.9 Å². The number of nitrogens with zero attached hydrogens (tertiary/aromatic N) is 1. The van der Waals surface area contributed by atoms with Crippen LogP contribution in [0.25, 0.3) is 0 Å². The van der Waals surface area contributed by atoms with Gasteiger partial charge in [-0.05, 0) is 13.8 Å². The van der Waals surface area contributed by atoms with Crippen molar-refractivity contribution in [3.63, 3.8) is 0 Å². The molecule has 0 aliphatic heterocycles. The van der Waals surface area contributed by atoms with E-state index in [9.17, 15) is 19.7 Å². The van der Waals surface area contributed by atoms with Gasteiger partial charge in [-0.2, -0.15) is 0 Å². The maximum absolute atomic E-state index is 11.2. The highest BCUT2D eigenvalue weighted by Gasteiger charge is 2.41. The van der Waals surface area contributed by atoms with E-state index in [0.717, 1.165) is 0 Å². The first kappa shape index (κ1) is 16.8. The Morgan fingerprint density at radius 2 is 1.42 bits per heavy atom. The minimum absolute atomic E-state index is 0.129. The molecule has 0 bridgehead atoms. The first-order valence-corrected chi connectivity index (χ1v) is 5.40. The van der Waals surface area contributed by atoms with Crippen LogP contribution in [0.15, 0.2) is 24.3 Å². The number of carbonyl (C=O) groups excluding carboxylic acids is 2. The van der Waals surface area contributed by atoms with Crippen molar-refractivity contribution in [1.29, 1.82) is 0 Å². The third-order valence-electron chi connectivity index (χ3n) is 2.17. The third kappa shape index (κ3) is 5.33. The van der Waals surface area contributed by atoms with Crippen LogP contribution in [-0.4, -0.2) is 35.6 Å². The van der Waals surface area contributed by atoms with E-state index >= 15 is 0 Å². The molecule has 0 aromatic carbocycles. The molecule has 19 heavy (non-hydrogen) atoms. The summed E-state index contributed by atoms with van der Waals surface area (Å²) in [6.07, 6.45) is 0. The van der Waals surface area contributed by atoms with Gasteiger partial charge < -0.3 is 9.47 Å². The molecule has 0 spiro atoms. The second kappa shape index (κ2) is 6.67. The Bertz CT molecular complexity index is 396. The van der Waals surface area contributed by atoms with Gasteiger partial charge >= 0.3 is 11.9 Å². The van der Waals surface area contributed by atoms with Crippen molar-refractivity contribution in [3.05, 3.63) is 34.4 Å². The van der Waals surface area contributed by atoms with E-state index in [-0.39, 0.29) is 11.1 Å². The Hall–Kier alpha value is -2.18. The molecule has 0 unspecified atom stereocenters. The molecule has 0 saturated carbocycles. The van der Waals surface area contributed by atoms with Gasteiger partial charge in [-0.1, -0.05) is 13.2 Å². The minimum atomic E-state index is -1.71. The normalized spacial score (nSPS) is 10.5. The molecule has 0 saturated heterocycles. The van der Waals surface area contributed by atoms with Crippen LogP contribution in [-0.2, 0) is 19.1 Å². The predicted molar refractivity (Wildman–Crippen MR) is 66.9 cm³/mol. The number of esters is 2. The Balaban J connectivity index is 4.64. The zero-order valence-corrected chi connectivity index (χ0v) is 11.2. The summed E-state index contributed by atoms with van der Waals surface area (Å²) in [5.74, 6) is -1.47. The molecule has 0 rings (SSSR count). The maximum atomic E-state index is 11.2. The fourth-order valence-electron chi connectivity index (χ4n) is 0.836. The van der Waals surface area contributed by atoms with Gasteiger partial charge in [-0.25, -0.2) is 9.59 Å². The van der Waals surface area contributed by atoms with E-state index in [1.807, 2.05) is 0 Å². The summed E-state index contributed by atoms with van der Waals surface area (Å²) in [4.78, 5) is 32.7. The smallest absolute Gasteiger partial charge is 0.333 e. The van der Waals surface area contributed by atoms with Gasteiger partial charge in [0.1, 0.15) is 0 Å². The summed E-state index contributed by atoms with van der Waals surface area (Å²) in [5.41, 5.74) is -1.45. The lowest BCUT2D eigenvalue weighted by Gasteiger charge is -2.20. The van der Waals surface area contributed by atoms with Crippen LogP contribution in [0.5, 0.6) is 0 Å². The van der Waals surface area contributed by atoms with Crippen molar-refractivity contribution in [2.75, 3.05) is 13.2 Å². The van der Waals surface area contributed by atoms with E-state index in [1.165, 1.54) is 20.8 Å². The second-order valence-corrected chi connectivity index (χ2v) is 4.47. The molecule has 7 nitrogen and oxygen atoms in total. The van der Waals surface area contributed by atoms with Crippen LogP contribution in [0, 0.1) is 10.1 Å². The molecule has 0 N–H and O–H groups in total. The average Bonchev–Trinajstić information content (AvgIpc) is 2.32. The number of carbonyl (C=O) groups is 2. The largest absolute Gasteiger partial charge is 0.455 e. The van der Waals surface area contributed by atoms with Crippen LogP contribution in [0.1, 0.15) is 20.8 Å². The Kier molecular flexibility index (Phi) is 5.91. The molecule has 0 fully saturated rings. The third-order valence-corrected chi connectivity index (χ3v) is 2.17. The van der Waals surface area contributed by atoms with Crippen molar-refractivity contribution in [2.24, 2.45) is 0 Å². The average molecular weight is 271 g/mol. The number of ether oxygens (including phenoxy) is 2. The lowest BCUT2D eigenvalue weighted by atomic mass is 10.1. The zero-order valence-electron chi connectivity index (χ0n) is 11.2. The molecule has 0 heterocycles. The summed E-state index contributed by atoms with van der Waals surface area (Å²) in [5, 5.41) is 11.0. The standard InChI is InChI=1S/C12H17NO6/c1-8(2)10(14)18-6-12(5,13(16)17)7-19-11(15)9(3)4/h1,3,6-7H2,2,4-5H3. The van der Waals surface area contributed by atoms with Gasteiger partial charge in [0, 0.05) is 23.0 Å². The molecular weight excluding hydrogens is 254 g/mol.